The van der Waals surface area contributed by atoms with E-state index in [9.17, 15) is 0 Å². The summed E-state index contributed by atoms with van der Waals surface area (Å²) in [7, 11) is 2.24. The minimum atomic E-state index is 0.574. The van der Waals surface area contributed by atoms with Gasteiger partial charge in [0.25, 0.3) is 0 Å². The third-order valence-electron chi connectivity index (χ3n) is 7.90. The van der Waals surface area contributed by atoms with Crippen LogP contribution in [0.5, 0.6) is 0 Å². The molecule has 5 rings (SSSR count). The van der Waals surface area contributed by atoms with Gasteiger partial charge in [-0.25, -0.2) is 4.98 Å². The van der Waals surface area contributed by atoms with Gasteiger partial charge < -0.3 is 14.8 Å². The topological polar surface area (TPSA) is 46.0 Å². The van der Waals surface area contributed by atoms with Gasteiger partial charge in [0.05, 0.1) is 0 Å². The van der Waals surface area contributed by atoms with Gasteiger partial charge in [-0.3, -0.25) is 0 Å². The third-order valence-corrected chi connectivity index (χ3v) is 7.90. The maximum absolute atomic E-state index is 5.08. The van der Waals surface area contributed by atoms with Crippen molar-refractivity contribution in [1.29, 1.82) is 0 Å². The molecule has 0 spiro atoms. The van der Waals surface area contributed by atoms with Crippen molar-refractivity contribution < 1.29 is 0 Å². The number of rotatable bonds is 5. The number of likely N-dealkylation sites (tertiary alicyclic amines) is 1. The van der Waals surface area contributed by atoms with E-state index in [0.717, 1.165) is 17.8 Å². The zero-order valence-electron chi connectivity index (χ0n) is 18.4. The Morgan fingerprint density at radius 2 is 1.86 bits per heavy atom. The Labute approximate surface area is 175 Å². The summed E-state index contributed by atoms with van der Waals surface area (Å²) < 4.78 is 2.53. The summed E-state index contributed by atoms with van der Waals surface area (Å²) in [6.07, 6.45) is 14.8. The minimum absolute atomic E-state index is 0.574. The first-order valence-electron chi connectivity index (χ1n) is 11.9. The fourth-order valence-electron chi connectivity index (χ4n) is 5.61. The Morgan fingerprint density at radius 1 is 1.10 bits per heavy atom. The van der Waals surface area contributed by atoms with Crippen LogP contribution in [0.3, 0.4) is 0 Å². The summed E-state index contributed by atoms with van der Waals surface area (Å²) in [6.45, 7) is 7.06. The average Bonchev–Trinajstić information content (AvgIpc) is 3.38. The molecule has 0 radical (unpaired) electrons. The number of fused-ring (bicyclic) bond motifs is 1. The minimum Gasteiger partial charge on any atom is -0.351 e. The highest BCUT2D eigenvalue weighted by molar-refractivity contribution is 5.81. The molecule has 0 unspecified atom stereocenters. The SMILES string of the molecule is CC[C@H]1C[C@@H]1Nc1ncc2c(C3CCN(C)CC3)cn(C3CCC(C)CC3)c2n1. The first-order valence-corrected chi connectivity index (χ1v) is 11.9. The van der Waals surface area contributed by atoms with E-state index < -0.39 is 0 Å². The summed E-state index contributed by atoms with van der Waals surface area (Å²) in [5.41, 5.74) is 2.67. The molecule has 1 aliphatic heterocycles. The predicted octanol–water partition coefficient (Wildman–Crippen LogP) is 5.20. The van der Waals surface area contributed by atoms with E-state index in [1.54, 1.807) is 0 Å². The number of hydrogen-bond acceptors (Lipinski definition) is 4. The second-order valence-electron chi connectivity index (χ2n) is 10.1. The summed E-state index contributed by atoms with van der Waals surface area (Å²) in [5, 5.41) is 4.90. The molecule has 0 amide bonds. The van der Waals surface area contributed by atoms with Crippen LogP contribution in [0.4, 0.5) is 5.95 Å². The van der Waals surface area contributed by atoms with Crippen LogP contribution in [0, 0.1) is 11.8 Å². The summed E-state index contributed by atoms with van der Waals surface area (Å²) in [5.74, 6) is 3.15. The molecule has 1 N–H and O–H groups in total. The molecule has 5 heteroatoms. The molecule has 0 bridgehead atoms. The van der Waals surface area contributed by atoms with Crippen molar-refractivity contribution >= 4 is 17.0 Å². The lowest BCUT2D eigenvalue weighted by Crippen LogP contribution is -2.29. The first kappa shape index (κ1) is 19.3. The van der Waals surface area contributed by atoms with Crippen molar-refractivity contribution in [1.82, 2.24) is 19.4 Å². The van der Waals surface area contributed by atoms with Crippen molar-refractivity contribution in [3.8, 4) is 0 Å². The molecule has 5 nitrogen and oxygen atoms in total. The second-order valence-corrected chi connectivity index (χ2v) is 10.1. The number of aromatic nitrogens is 3. The van der Waals surface area contributed by atoms with Gasteiger partial charge in [-0.2, -0.15) is 4.98 Å². The van der Waals surface area contributed by atoms with E-state index in [-0.39, 0.29) is 0 Å². The highest BCUT2D eigenvalue weighted by Crippen LogP contribution is 2.40. The largest absolute Gasteiger partial charge is 0.351 e. The molecule has 0 aromatic carbocycles. The number of nitrogens with zero attached hydrogens (tertiary/aromatic N) is 4. The van der Waals surface area contributed by atoms with Crippen LogP contribution in [0.1, 0.15) is 82.7 Å². The summed E-state index contributed by atoms with van der Waals surface area (Å²) in [6, 6.07) is 1.17. The Hall–Kier alpha value is -1.62. The van der Waals surface area contributed by atoms with Gasteiger partial charge in [-0.05, 0) is 88.4 Å². The first-order chi connectivity index (χ1) is 14.1. The molecule has 29 heavy (non-hydrogen) atoms. The number of hydrogen-bond donors (Lipinski definition) is 1. The van der Waals surface area contributed by atoms with E-state index in [2.05, 4.69) is 48.1 Å². The van der Waals surface area contributed by atoms with Gasteiger partial charge in [-0.15, -0.1) is 0 Å². The molecule has 2 aromatic heterocycles. The van der Waals surface area contributed by atoms with Crippen molar-refractivity contribution in [3.05, 3.63) is 18.0 Å². The smallest absolute Gasteiger partial charge is 0.224 e. The maximum atomic E-state index is 5.08. The van der Waals surface area contributed by atoms with Crippen molar-refractivity contribution in [3.63, 3.8) is 0 Å². The normalized spacial score (nSPS) is 31.3. The van der Waals surface area contributed by atoms with Gasteiger partial charge in [0.1, 0.15) is 5.65 Å². The van der Waals surface area contributed by atoms with Gasteiger partial charge in [0.2, 0.25) is 5.95 Å². The molecule has 2 atom stereocenters. The summed E-state index contributed by atoms with van der Waals surface area (Å²) >= 11 is 0. The van der Waals surface area contributed by atoms with E-state index in [1.165, 1.54) is 81.1 Å². The van der Waals surface area contributed by atoms with Gasteiger partial charge in [0, 0.05) is 29.9 Å². The van der Waals surface area contributed by atoms with Crippen molar-refractivity contribution in [2.45, 2.75) is 83.2 Å². The molecule has 3 heterocycles. The molecule has 1 saturated heterocycles. The fourth-order valence-corrected chi connectivity index (χ4v) is 5.61. The number of nitrogens with one attached hydrogen (secondary N) is 1. The quantitative estimate of drug-likeness (QED) is 0.755. The van der Waals surface area contributed by atoms with E-state index in [4.69, 9.17) is 9.97 Å². The summed E-state index contributed by atoms with van der Waals surface area (Å²) in [4.78, 5) is 12.3. The Bertz CT molecular complexity index is 842. The number of piperidine rings is 1. The van der Waals surface area contributed by atoms with Crippen LogP contribution in [0.25, 0.3) is 11.0 Å². The molecular formula is C24H37N5. The van der Waals surface area contributed by atoms with Crippen LogP contribution in [0.15, 0.2) is 12.4 Å². The standard InChI is InChI=1S/C24H37N5/c1-4-17-13-22(17)26-24-25-14-20-21(18-9-11-28(3)12-10-18)15-29(23(20)27-24)19-7-5-16(2)6-8-19/h14-19,22H,4-13H2,1-3H3,(H,25,26,27)/t16?,17-,19?,22-/m0/s1. The predicted molar refractivity (Wildman–Crippen MR) is 119 cm³/mol. The lowest BCUT2D eigenvalue weighted by Gasteiger charge is -2.29. The molecule has 2 saturated carbocycles. The molecule has 3 fully saturated rings. The van der Waals surface area contributed by atoms with Crippen LogP contribution in [-0.2, 0) is 0 Å². The molecule has 158 valence electrons. The molecule has 2 aromatic rings. The maximum Gasteiger partial charge on any atom is 0.224 e. The van der Waals surface area contributed by atoms with Crippen molar-refractivity contribution in [2.24, 2.45) is 11.8 Å². The third kappa shape index (κ3) is 3.90. The average molecular weight is 396 g/mol. The highest BCUT2D eigenvalue weighted by Gasteiger charge is 2.36. The van der Waals surface area contributed by atoms with E-state index >= 15 is 0 Å². The molecular weight excluding hydrogens is 358 g/mol. The fraction of sp³-hybridized carbons (Fsp3) is 0.750. The second kappa shape index (κ2) is 7.90. The van der Waals surface area contributed by atoms with Gasteiger partial charge in [-0.1, -0.05) is 20.3 Å². The van der Waals surface area contributed by atoms with Crippen LogP contribution in [0.2, 0.25) is 0 Å². The molecule has 2 aliphatic carbocycles. The zero-order valence-corrected chi connectivity index (χ0v) is 18.4. The van der Waals surface area contributed by atoms with Crippen LogP contribution < -0.4 is 5.32 Å². The molecule has 3 aliphatic rings. The van der Waals surface area contributed by atoms with Gasteiger partial charge in [0.15, 0.2) is 0 Å². The van der Waals surface area contributed by atoms with Gasteiger partial charge >= 0.3 is 0 Å². The Kier molecular flexibility index (Phi) is 5.27. The monoisotopic (exact) mass is 395 g/mol. The lowest BCUT2D eigenvalue weighted by molar-refractivity contribution is 0.255. The van der Waals surface area contributed by atoms with Crippen molar-refractivity contribution in [2.75, 3.05) is 25.5 Å². The van der Waals surface area contributed by atoms with E-state index in [0.29, 0.717) is 18.0 Å². The van der Waals surface area contributed by atoms with E-state index in [1.807, 2.05) is 0 Å². The highest BCUT2D eigenvalue weighted by atomic mass is 15.2. The Balaban J connectivity index is 1.48. The lowest BCUT2D eigenvalue weighted by atomic mass is 9.87. The zero-order chi connectivity index (χ0) is 20.0. The van der Waals surface area contributed by atoms with Crippen LogP contribution >= 0.6 is 0 Å². The number of anilines is 1. The Morgan fingerprint density at radius 3 is 2.55 bits per heavy atom. The van der Waals surface area contributed by atoms with Crippen LogP contribution in [-0.4, -0.2) is 45.6 Å².